The number of rotatable bonds is 6. The Hall–Kier alpha value is -2.54. The molecule has 2 aromatic rings. The molecule has 1 aromatic carbocycles. The lowest BCUT2D eigenvalue weighted by molar-refractivity contribution is -0.143. The number of esters is 2. The Kier molecular flexibility index (Phi) is 5.00. The van der Waals surface area contributed by atoms with E-state index < -0.39 is 18.0 Å². The second-order valence-electron chi connectivity index (χ2n) is 4.72. The van der Waals surface area contributed by atoms with E-state index in [0.29, 0.717) is 12.2 Å². The SMILES string of the molecule is COC(=O)COc1ccc2[nH]cc(C[C@H](N)C(=O)OC)c2c1. The highest BCUT2D eigenvalue weighted by molar-refractivity contribution is 5.86. The molecule has 0 unspecified atom stereocenters. The first-order valence-corrected chi connectivity index (χ1v) is 6.68. The van der Waals surface area contributed by atoms with Crippen LogP contribution in [0, 0.1) is 0 Å². The summed E-state index contributed by atoms with van der Waals surface area (Å²) in [4.78, 5) is 25.6. The number of carbonyl (C=O) groups excluding carboxylic acids is 2. The number of nitrogens with one attached hydrogen (secondary N) is 1. The van der Waals surface area contributed by atoms with Gasteiger partial charge in [0.15, 0.2) is 6.61 Å². The zero-order valence-electron chi connectivity index (χ0n) is 12.4. The van der Waals surface area contributed by atoms with Gasteiger partial charge in [-0.2, -0.15) is 0 Å². The molecule has 0 spiro atoms. The fourth-order valence-corrected chi connectivity index (χ4v) is 2.09. The smallest absolute Gasteiger partial charge is 0.343 e. The fraction of sp³-hybridized carbons (Fsp3) is 0.333. The van der Waals surface area contributed by atoms with Crippen molar-refractivity contribution in [2.24, 2.45) is 5.73 Å². The fourth-order valence-electron chi connectivity index (χ4n) is 2.09. The van der Waals surface area contributed by atoms with Crippen LogP contribution < -0.4 is 10.5 Å². The van der Waals surface area contributed by atoms with Crippen molar-refractivity contribution in [1.82, 2.24) is 4.98 Å². The predicted octanol–water partition coefficient (Wildman–Crippen LogP) is 0.762. The number of hydrogen-bond donors (Lipinski definition) is 2. The molecule has 0 amide bonds. The van der Waals surface area contributed by atoms with Crippen LogP contribution in [0.5, 0.6) is 5.75 Å². The second-order valence-corrected chi connectivity index (χ2v) is 4.72. The minimum Gasteiger partial charge on any atom is -0.482 e. The van der Waals surface area contributed by atoms with Crippen molar-refractivity contribution < 1.29 is 23.8 Å². The van der Waals surface area contributed by atoms with Crippen LogP contribution in [-0.4, -0.2) is 43.8 Å². The van der Waals surface area contributed by atoms with Crippen LogP contribution in [0.1, 0.15) is 5.56 Å². The highest BCUT2D eigenvalue weighted by Gasteiger charge is 2.17. The average Bonchev–Trinajstić information content (AvgIpc) is 2.93. The van der Waals surface area contributed by atoms with Crippen LogP contribution >= 0.6 is 0 Å². The molecular formula is C15H18N2O5. The lowest BCUT2D eigenvalue weighted by Gasteiger charge is -2.09. The summed E-state index contributed by atoms with van der Waals surface area (Å²) in [5, 5.41) is 0.877. The number of H-pyrrole nitrogens is 1. The number of methoxy groups -OCH3 is 2. The first-order valence-electron chi connectivity index (χ1n) is 6.68. The van der Waals surface area contributed by atoms with Crippen LogP contribution in [0.4, 0.5) is 0 Å². The third-order valence-electron chi connectivity index (χ3n) is 3.27. The molecule has 3 N–H and O–H groups in total. The van der Waals surface area contributed by atoms with E-state index in [0.717, 1.165) is 16.5 Å². The summed E-state index contributed by atoms with van der Waals surface area (Å²) < 4.78 is 14.5. The Balaban J connectivity index is 2.18. The number of carbonyl (C=O) groups is 2. The van der Waals surface area contributed by atoms with Gasteiger partial charge in [-0.3, -0.25) is 4.79 Å². The van der Waals surface area contributed by atoms with Crippen molar-refractivity contribution in [3.8, 4) is 5.75 Å². The molecule has 2 rings (SSSR count). The van der Waals surface area contributed by atoms with Gasteiger partial charge in [-0.15, -0.1) is 0 Å². The number of aromatic nitrogens is 1. The van der Waals surface area contributed by atoms with Crippen molar-refractivity contribution in [2.45, 2.75) is 12.5 Å². The van der Waals surface area contributed by atoms with Gasteiger partial charge in [-0.1, -0.05) is 0 Å². The zero-order valence-corrected chi connectivity index (χ0v) is 12.4. The van der Waals surface area contributed by atoms with Crippen LogP contribution in [0.25, 0.3) is 10.9 Å². The van der Waals surface area contributed by atoms with Gasteiger partial charge in [0.05, 0.1) is 14.2 Å². The molecule has 0 saturated carbocycles. The molecule has 1 heterocycles. The quantitative estimate of drug-likeness (QED) is 0.764. The molecule has 7 nitrogen and oxygen atoms in total. The number of nitrogens with two attached hydrogens (primary N) is 1. The van der Waals surface area contributed by atoms with Crippen molar-refractivity contribution in [1.29, 1.82) is 0 Å². The first kappa shape index (κ1) is 15.8. The summed E-state index contributed by atoms with van der Waals surface area (Å²) in [6.45, 7) is -0.163. The van der Waals surface area contributed by atoms with E-state index in [-0.39, 0.29) is 6.61 Å². The minimum atomic E-state index is -0.733. The molecule has 0 aliphatic heterocycles. The molecule has 118 valence electrons. The monoisotopic (exact) mass is 306 g/mol. The Morgan fingerprint density at radius 1 is 1.27 bits per heavy atom. The Morgan fingerprint density at radius 3 is 2.73 bits per heavy atom. The maximum atomic E-state index is 11.4. The predicted molar refractivity (Wildman–Crippen MR) is 79.5 cm³/mol. The van der Waals surface area contributed by atoms with E-state index in [1.165, 1.54) is 14.2 Å². The molecule has 22 heavy (non-hydrogen) atoms. The highest BCUT2D eigenvalue weighted by Crippen LogP contribution is 2.24. The standard InChI is InChI=1S/C15H18N2O5/c1-20-14(18)8-22-10-3-4-13-11(6-10)9(7-17-13)5-12(16)15(19)21-2/h3-4,6-7,12,17H,5,8,16H2,1-2H3/t12-/m0/s1. The molecule has 0 bridgehead atoms. The second kappa shape index (κ2) is 6.95. The molecular weight excluding hydrogens is 288 g/mol. The number of ether oxygens (including phenoxy) is 3. The zero-order chi connectivity index (χ0) is 16.1. The minimum absolute atomic E-state index is 0.163. The van der Waals surface area contributed by atoms with E-state index in [1.54, 1.807) is 18.3 Å². The first-order chi connectivity index (χ1) is 10.5. The molecule has 0 saturated heterocycles. The summed E-state index contributed by atoms with van der Waals surface area (Å²) in [6, 6.07) is 4.62. The summed E-state index contributed by atoms with van der Waals surface area (Å²) in [7, 11) is 2.60. The average molecular weight is 306 g/mol. The van der Waals surface area contributed by atoms with Gasteiger partial charge in [0.25, 0.3) is 0 Å². The molecule has 1 aromatic heterocycles. The van der Waals surface area contributed by atoms with E-state index in [1.807, 2.05) is 6.07 Å². The molecule has 0 aliphatic rings. The Labute approximate surface area is 127 Å². The maximum absolute atomic E-state index is 11.4. The van der Waals surface area contributed by atoms with Gasteiger partial charge in [0.1, 0.15) is 11.8 Å². The van der Waals surface area contributed by atoms with Gasteiger partial charge in [0, 0.05) is 23.5 Å². The van der Waals surface area contributed by atoms with Crippen molar-refractivity contribution in [3.05, 3.63) is 30.0 Å². The number of benzene rings is 1. The van der Waals surface area contributed by atoms with E-state index in [2.05, 4.69) is 14.5 Å². The molecule has 7 heteroatoms. The van der Waals surface area contributed by atoms with Crippen LogP contribution in [0.3, 0.4) is 0 Å². The van der Waals surface area contributed by atoms with Crippen LogP contribution in [0.2, 0.25) is 0 Å². The van der Waals surface area contributed by atoms with Gasteiger partial charge in [-0.25, -0.2) is 4.79 Å². The highest BCUT2D eigenvalue weighted by atomic mass is 16.6. The van der Waals surface area contributed by atoms with Crippen molar-refractivity contribution in [2.75, 3.05) is 20.8 Å². The molecule has 0 radical (unpaired) electrons. The van der Waals surface area contributed by atoms with E-state index in [4.69, 9.17) is 10.5 Å². The summed E-state index contributed by atoms with van der Waals surface area (Å²) >= 11 is 0. The number of fused-ring (bicyclic) bond motifs is 1. The number of hydrogen-bond acceptors (Lipinski definition) is 6. The number of aromatic amines is 1. The largest absolute Gasteiger partial charge is 0.482 e. The molecule has 0 aliphatic carbocycles. The van der Waals surface area contributed by atoms with Crippen LogP contribution in [0.15, 0.2) is 24.4 Å². The molecule has 0 fully saturated rings. The van der Waals surface area contributed by atoms with Crippen molar-refractivity contribution >= 4 is 22.8 Å². The Bertz CT molecular complexity index is 680. The van der Waals surface area contributed by atoms with Gasteiger partial charge in [-0.05, 0) is 23.8 Å². The third-order valence-corrected chi connectivity index (χ3v) is 3.27. The van der Waals surface area contributed by atoms with Gasteiger partial charge in [0.2, 0.25) is 0 Å². The topological polar surface area (TPSA) is 104 Å². The van der Waals surface area contributed by atoms with Gasteiger partial charge >= 0.3 is 11.9 Å². The van der Waals surface area contributed by atoms with Crippen molar-refractivity contribution in [3.63, 3.8) is 0 Å². The summed E-state index contributed by atoms with van der Waals surface area (Å²) in [5.41, 5.74) is 7.54. The summed E-state index contributed by atoms with van der Waals surface area (Å²) in [5.74, 6) is -0.389. The lowest BCUT2D eigenvalue weighted by Crippen LogP contribution is -2.33. The normalized spacial score (nSPS) is 12.0. The third kappa shape index (κ3) is 3.56. The molecule has 1 atom stereocenters. The lowest BCUT2D eigenvalue weighted by atomic mass is 10.1. The Morgan fingerprint density at radius 2 is 2.05 bits per heavy atom. The van der Waals surface area contributed by atoms with E-state index in [9.17, 15) is 9.59 Å². The van der Waals surface area contributed by atoms with Crippen LogP contribution in [-0.2, 0) is 25.5 Å². The van der Waals surface area contributed by atoms with Gasteiger partial charge < -0.3 is 24.9 Å². The van der Waals surface area contributed by atoms with E-state index >= 15 is 0 Å². The summed E-state index contributed by atoms with van der Waals surface area (Å²) in [6.07, 6.45) is 2.13. The maximum Gasteiger partial charge on any atom is 0.343 e.